The SMILES string of the molecule is CCNC(=O)Oc1ccc(C[C@H]2C(=O)OC[C@@H]2Cc2ccc(OC)c(OC)c2)cc1OC. The summed E-state index contributed by atoms with van der Waals surface area (Å²) in [7, 11) is 4.70. The third-order valence-electron chi connectivity index (χ3n) is 5.46. The zero-order valence-corrected chi connectivity index (χ0v) is 18.8. The number of methoxy groups -OCH3 is 3. The molecule has 1 aliphatic rings. The van der Waals surface area contributed by atoms with Gasteiger partial charge in [-0.25, -0.2) is 4.79 Å². The van der Waals surface area contributed by atoms with Crippen molar-refractivity contribution in [3.63, 3.8) is 0 Å². The second-order valence-corrected chi connectivity index (χ2v) is 7.50. The molecule has 32 heavy (non-hydrogen) atoms. The van der Waals surface area contributed by atoms with Crippen molar-refractivity contribution in [2.75, 3.05) is 34.5 Å². The lowest BCUT2D eigenvalue weighted by molar-refractivity contribution is -0.141. The van der Waals surface area contributed by atoms with Gasteiger partial charge in [0.05, 0.1) is 33.9 Å². The monoisotopic (exact) mass is 443 g/mol. The summed E-state index contributed by atoms with van der Waals surface area (Å²) in [6.45, 7) is 2.64. The highest BCUT2D eigenvalue weighted by molar-refractivity contribution is 5.75. The van der Waals surface area contributed by atoms with Crippen molar-refractivity contribution >= 4 is 12.1 Å². The number of ether oxygens (including phenoxy) is 5. The van der Waals surface area contributed by atoms with Crippen LogP contribution in [0.1, 0.15) is 18.1 Å². The normalized spacial score (nSPS) is 17.4. The molecule has 2 atom stereocenters. The minimum Gasteiger partial charge on any atom is -0.493 e. The van der Waals surface area contributed by atoms with Gasteiger partial charge in [0.1, 0.15) is 0 Å². The van der Waals surface area contributed by atoms with Gasteiger partial charge in [0.25, 0.3) is 0 Å². The van der Waals surface area contributed by atoms with E-state index >= 15 is 0 Å². The average molecular weight is 443 g/mol. The molecule has 0 saturated carbocycles. The summed E-state index contributed by atoms with van der Waals surface area (Å²) in [5.41, 5.74) is 1.94. The summed E-state index contributed by atoms with van der Waals surface area (Å²) in [6, 6.07) is 11.0. The van der Waals surface area contributed by atoms with Crippen LogP contribution in [0.15, 0.2) is 36.4 Å². The van der Waals surface area contributed by atoms with Crippen molar-refractivity contribution in [2.45, 2.75) is 19.8 Å². The van der Waals surface area contributed by atoms with Crippen LogP contribution in [0.25, 0.3) is 0 Å². The van der Waals surface area contributed by atoms with E-state index in [0.29, 0.717) is 49.0 Å². The van der Waals surface area contributed by atoms with Gasteiger partial charge in [-0.3, -0.25) is 4.79 Å². The van der Waals surface area contributed by atoms with Gasteiger partial charge < -0.3 is 29.0 Å². The molecule has 1 N–H and O–H groups in total. The van der Waals surface area contributed by atoms with Crippen molar-refractivity contribution in [1.82, 2.24) is 5.32 Å². The van der Waals surface area contributed by atoms with Crippen LogP contribution in [-0.4, -0.2) is 46.5 Å². The van der Waals surface area contributed by atoms with E-state index in [1.165, 1.54) is 7.11 Å². The van der Waals surface area contributed by atoms with Crippen LogP contribution in [0.3, 0.4) is 0 Å². The first kappa shape index (κ1) is 23.2. The Morgan fingerprint density at radius 3 is 2.16 bits per heavy atom. The first-order valence-corrected chi connectivity index (χ1v) is 10.5. The Labute approximate surface area is 187 Å². The minimum absolute atomic E-state index is 0.0258. The minimum atomic E-state index is -0.548. The van der Waals surface area contributed by atoms with Crippen LogP contribution >= 0.6 is 0 Å². The summed E-state index contributed by atoms with van der Waals surface area (Å²) >= 11 is 0. The number of carbonyl (C=O) groups excluding carboxylic acids is 2. The van der Waals surface area contributed by atoms with Gasteiger partial charge in [-0.15, -0.1) is 0 Å². The summed E-state index contributed by atoms with van der Waals surface area (Å²) in [5, 5.41) is 2.57. The van der Waals surface area contributed by atoms with E-state index in [9.17, 15) is 9.59 Å². The van der Waals surface area contributed by atoms with Crippen LogP contribution in [0.2, 0.25) is 0 Å². The fraction of sp³-hybridized carbons (Fsp3) is 0.417. The largest absolute Gasteiger partial charge is 0.493 e. The highest BCUT2D eigenvalue weighted by Crippen LogP contribution is 2.35. The molecule has 1 saturated heterocycles. The Balaban J connectivity index is 1.74. The zero-order chi connectivity index (χ0) is 23.1. The smallest absolute Gasteiger partial charge is 0.412 e. The molecule has 1 amide bonds. The third kappa shape index (κ3) is 5.43. The molecule has 2 aromatic carbocycles. The molecule has 0 spiro atoms. The molecule has 1 fully saturated rings. The Bertz CT molecular complexity index is 959. The van der Waals surface area contributed by atoms with E-state index in [1.54, 1.807) is 33.3 Å². The predicted molar refractivity (Wildman–Crippen MR) is 118 cm³/mol. The highest BCUT2D eigenvalue weighted by Gasteiger charge is 2.37. The lowest BCUT2D eigenvalue weighted by Crippen LogP contribution is -2.26. The number of cyclic esters (lactones) is 1. The van der Waals surface area contributed by atoms with Crippen molar-refractivity contribution in [3.05, 3.63) is 47.5 Å². The molecule has 0 bridgehead atoms. The predicted octanol–water partition coefficient (Wildman–Crippen LogP) is 3.40. The Morgan fingerprint density at radius 1 is 0.938 bits per heavy atom. The number of nitrogens with one attached hydrogen (secondary N) is 1. The molecular formula is C24H29NO7. The second-order valence-electron chi connectivity index (χ2n) is 7.50. The molecular weight excluding hydrogens is 414 g/mol. The molecule has 0 radical (unpaired) electrons. The van der Waals surface area contributed by atoms with Gasteiger partial charge >= 0.3 is 12.1 Å². The molecule has 2 aromatic rings. The second kappa shape index (κ2) is 10.7. The van der Waals surface area contributed by atoms with Crippen LogP contribution in [0, 0.1) is 11.8 Å². The number of hydrogen-bond donors (Lipinski definition) is 1. The average Bonchev–Trinajstić information content (AvgIpc) is 3.13. The molecule has 8 heteroatoms. The first-order chi connectivity index (χ1) is 15.5. The van der Waals surface area contributed by atoms with E-state index < -0.39 is 6.09 Å². The van der Waals surface area contributed by atoms with Crippen LogP contribution in [0.5, 0.6) is 23.0 Å². The van der Waals surface area contributed by atoms with Gasteiger partial charge in [-0.1, -0.05) is 12.1 Å². The van der Waals surface area contributed by atoms with Crippen LogP contribution in [0.4, 0.5) is 4.79 Å². The molecule has 8 nitrogen and oxygen atoms in total. The van der Waals surface area contributed by atoms with Crippen LogP contribution < -0.4 is 24.3 Å². The fourth-order valence-electron chi connectivity index (χ4n) is 3.82. The lowest BCUT2D eigenvalue weighted by Gasteiger charge is -2.17. The maximum Gasteiger partial charge on any atom is 0.412 e. The maximum absolute atomic E-state index is 12.5. The summed E-state index contributed by atoms with van der Waals surface area (Å²) in [5.74, 6) is 1.58. The van der Waals surface area contributed by atoms with E-state index in [4.69, 9.17) is 23.7 Å². The standard InChI is InChI=1S/C24H29NO7/c1-5-25-24(27)32-20-9-7-16(13-22(20)30-4)11-18-17(14-31-23(18)26)10-15-6-8-19(28-2)21(12-15)29-3/h6-9,12-13,17-18H,5,10-11,14H2,1-4H3,(H,25,27)/t17-,18+/m0/s1. The Kier molecular flexibility index (Phi) is 7.81. The molecule has 1 heterocycles. The van der Waals surface area contributed by atoms with Gasteiger partial charge in [0, 0.05) is 12.5 Å². The molecule has 0 unspecified atom stereocenters. The quantitative estimate of drug-likeness (QED) is 0.594. The number of carbonyl (C=O) groups is 2. The maximum atomic E-state index is 12.5. The molecule has 1 aliphatic heterocycles. The third-order valence-corrected chi connectivity index (χ3v) is 5.46. The number of rotatable bonds is 9. The van der Waals surface area contributed by atoms with Crippen molar-refractivity contribution in [3.8, 4) is 23.0 Å². The summed E-state index contributed by atoms with van der Waals surface area (Å²) in [6.07, 6.45) is 0.619. The van der Waals surface area contributed by atoms with Gasteiger partial charge in [0.15, 0.2) is 23.0 Å². The summed E-state index contributed by atoms with van der Waals surface area (Å²) < 4.78 is 26.7. The van der Waals surface area contributed by atoms with Crippen molar-refractivity contribution < 1.29 is 33.3 Å². The van der Waals surface area contributed by atoms with Crippen LogP contribution in [-0.2, 0) is 22.4 Å². The molecule has 0 aromatic heterocycles. The molecule has 172 valence electrons. The van der Waals surface area contributed by atoms with E-state index in [1.807, 2.05) is 24.3 Å². The lowest BCUT2D eigenvalue weighted by atomic mass is 9.85. The highest BCUT2D eigenvalue weighted by atomic mass is 16.6. The van der Waals surface area contributed by atoms with Crippen molar-refractivity contribution in [2.24, 2.45) is 11.8 Å². The summed E-state index contributed by atoms with van der Waals surface area (Å²) in [4.78, 5) is 24.2. The zero-order valence-electron chi connectivity index (χ0n) is 18.8. The number of esters is 1. The van der Waals surface area contributed by atoms with E-state index in [2.05, 4.69) is 5.32 Å². The van der Waals surface area contributed by atoms with Gasteiger partial charge in [0.2, 0.25) is 0 Å². The van der Waals surface area contributed by atoms with Gasteiger partial charge in [-0.05, 0) is 55.2 Å². The van der Waals surface area contributed by atoms with E-state index in [-0.39, 0.29) is 17.8 Å². The molecule has 3 rings (SSSR count). The number of hydrogen-bond acceptors (Lipinski definition) is 7. The Morgan fingerprint density at radius 2 is 1.53 bits per heavy atom. The molecule has 0 aliphatic carbocycles. The number of benzene rings is 2. The topological polar surface area (TPSA) is 92.3 Å². The fourth-order valence-corrected chi connectivity index (χ4v) is 3.82. The number of amides is 1. The first-order valence-electron chi connectivity index (χ1n) is 10.5. The van der Waals surface area contributed by atoms with Gasteiger partial charge in [-0.2, -0.15) is 0 Å². The Hall–Kier alpha value is -3.42. The van der Waals surface area contributed by atoms with Crippen molar-refractivity contribution in [1.29, 1.82) is 0 Å². The van der Waals surface area contributed by atoms with E-state index in [0.717, 1.165) is 11.1 Å².